The summed E-state index contributed by atoms with van der Waals surface area (Å²) >= 11 is 0. The average Bonchev–Trinajstić information content (AvgIpc) is 2.10. The second-order valence-electron chi connectivity index (χ2n) is 1.97. The monoisotopic (exact) mass is 122 g/mol. The molecule has 0 aromatic carbocycles. The molecule has 0 saturated carbocycles. The SMILES string of the molecule is [2H]C([2H])(C)C1C=CC=CC=C1. The van der Waals surface area contributed by atoms with E-state index in [9.17, 15) is 0 Å². The van der Waals surface area contributed by atoms with E-state index < -0.39 is 6.37 Å². The van der Waals surface area contributed by atoms with Crippen LogP contribution in [0.1, 0.15) is 16.0 Å². The highest BCUT2D eigenvalue weighted by Crippen LogP contribution is 2.08. The van der Waals surface area contributed by atoms with Gasteiger partial charge in [-0.05, 0) is 12.3 Å². The molecule has 0 radical (unpaired) electrons. The normalized spacial score (nSPS) is 23.2. The van der Waals surface area contributed by atoms with Crippen molar-refractivity contribution in [3.05, 3.63) is 36.5 Å². The van der Waals surface area contributed by atoms with Gasteiger partial charge in [0.2, 0.25) is 0 Å². The van der Waals surface area contributed by atoms with Crippen LogP contribution in [0.5, 0.6) is 0 Å². The molecule has 0 saturated heterocycles. The molecule has 0 atom stereocenters. The quantitative estimate of drug-likeness (QED) is 0.501. The molecular formula is C9H12. The molecule has 0 heterocycles. The molecule has 9 heavy (non-hydrogen) atoms. The number of hydrogen-bond acceptors (Lipinski definition) is 0. The summed E-state index contributed by atoms with van der Waals surface area (Å²) < 4.78 is 14.9. The maximum Gasteiger partial charge on any atom is 0.0273 e. The second-order valence-corrected chi connectivity index (χ2v) is 1.97. The fourth-order valence-electron chi connectivity index (χ4n) is 0.753. The topological polar surface area (TPSA) is 0 Å². The average molecular weight is 122 g/mol. The number of rotatable bonds is 1. The molecule has 0 unspecified atom stereocenters. The third-order valence-corrected chi connectivity index (χ3v) is 1.30. The molecule has 1 aliphatic rings. The van der Waals surface area contributed by atoms with Crippen molar-refractivity contribution < 1.29 is 2.74 Å². The Bertz CT molecular complexity index is 190. The minimum Gasteiger partial charge on any atom is -0.0776 e. The summed E-state index contributed by atoms with van der Waals surface area (Å²) in [5.41, 5.74) is 0. The Hall–Kier alpha value is -0.780. The van der Waals surface area contributed by atoms with Crippen molar-refractivity contribution in [1.29, 1.82) is 0 Å². The lowest BCUT2D eigenvalue weighted by Crippen LogP contribution is -1.85. The van der Waals surface area contributed by atoms with Gasteiger partial charge in [-0.2, -0.15) is 0 Å². The Morgan fingerprint density at radius 1 is 1.22 bits per heavy atom. The third kappa shape index (κ3) is 1.88. The molecule has 48 valence electrons. The Balaban J connectivity index is 2.75. The Labute approximate surface area is 59.4 Å². The lowest BCUT2D eigenvalue weighted by Gasteiger charge is -1.98. The molecule has 1 aliphatic carbocycles. The maximum atomic E-state index is 7.46. The van der Waals surface area contributed by atoms with Crippen molar-refractivity contribution in [3.8, 4) is 0 Å². The van der Waals surface area contributed by atoms with Gasteiger partial charge in [0.25, 0.3) is 0 Å². The van der Waals surface area contributed by atoms with Gasteiger partial charge in [0.05, 0.1) is 0 Å². The first-order valence-corrected chi connectivity index (χ1v) is 3.12. The molecule has 0 spiro atoms. The Kier molecular flexibility index (Phi) is 1.50. The van der Waals surface area contributed by atoms with E-state index in [1.54, 1.807) is 6.92 Å². The predicted octanol–water partition coefficient (Wildman–Crippen LogP) is 2.69. The summed E-state index contributed by atoms with van der Waals surface area (Å²) in [5.74, 6) is -0.0995. The molecule has 0 fully saturated rings. The van der Waals surface area contributed by atoms with Crippen LogP contribution in [0.2, 0.25) is 0 Å². The van der Waals surface area contributed by atoms with Gasteiger partial charge in [-0.1, -0.05) is 43.4 Å². The van der Waals surface area contributed by atoms with Gasteiger partial charge < -0.3 is 0 Å². The second kappa shape index (κ2) is 3.29. The van der Waals surface area contributed by atoms with Gasteiger partial charge in [0, 0.05) is 2.74 Å². The summed E-state index contributed by atoms with van der Waals surface area (Å²) in [5, 5.41) is 0. The van der Waals surface area contributed by atoms with Crippen molar-refractivity contribution >= 4 is 0 Å². The Morgan fingerprint density at radius 3 is 2.22 bits per heavy atom. The van der Waals surface area contributed by atoms with E-state index in [1.165, 1.54) is 0 Å². The van der Waals surface area contributed by atoms with Crippen molar-refractivity contribution in [2.45, 2.75) is 13.3 Å². The molecule has 0 N–H and O–H groups in total. The summed E-state index contributed by atoms with van der Waals surface area (Å²) in [6.07, 6.45) is 10.2. The van der Waals surface area contributed by atoms with Crippen LogP contribution in [-0.4, -0.2) is 0 Å². The van der Waals surface area contributed by atoms with Crippen LogP contribution < -0.4 is 0 Å². The summed E-state index contributed by atoms with van der Waals surface area (Å²) in [7, 11) is 0. The number of allylic oxidation sites excluding steroid dienone is 6. The zero-order valence-corrected chi connectivity index (χ0v) is 5.54. The predicted molar refractivity (Wildman–Crippen MR) is 41.2 cm³/mol. The molecule has 0 bridgehead atoms. The van der Waals surface area contributed by atoms with E-state index in [1.807, 2.05) is 36.5 Å². The Morgan fingerprint density at radius 2 is 1.78 bits per heavy atom. The number of hydrogen-bond donors (Lipinski definition) is 0. The molecule has 0 amide bonds. The summed E-state index contributed by atoms with van der Waals surface area (Å²) in [6.45, 7) is 1.59. The van der Waals surface area contributed by atoms with E-state index in [0.717, 1.165) is 0 Å². The maximum absolute atomic E-state index is 7.46. The van der Waals surface area contributed by atoms with Crippen molar-refractivity contribution in [3.63, 3.8) is 0 Å². The van der Waals surface area contributed by atoms with Crippen LogP contribution in [-0.2, 0) is 0 Å². The summed E-state index contributed by atoms with van der Waals surface area (Å²) in [6, 6.07) is 0. The highest BCUT2D eigenvalue weighted by Gasteiger charge is 1.93. The van der Waals surface area contributed by atoms with Crippen LogP contribution >= 0.6 is 0 Å². The van der Waals surface area contributed by atoms with Gasteiger partial charge in [-0.15, -0.1) is 0 Å². The van der Waals surface area contributed by atoms with Crippen LogP contribution in [0.4, 0.5) is 0 Å². The van der Waals surface area contributed by atoms with Crippen LogP contribution in [0.25, 0.3) is 0 Å². The molecule has 0 aromatic heterocycles. The highest BCUT2D eigenvalue weighted by atomic mass is 14.0. The molecule has 0 aliphatic heterocycles. The first-order valence-electron chi connectivity index (χ1n) is 4.12. The third-order valence-electron chi connectivity index (χ3n) is 1.30. The van der Waals surface area contributed by atoms with Gasteiger partial charge >= 0.3 is 0 Å². The van der Waals surface area contributed by atoms with E-state index in [4.69, 9.17) is 2.74 Å². The van der Waals surface area contributed by atoms with Gasteiger partial charge in [-0.3, -0.25) is 0 Å². The van der Waals surface area contributed by atoms with E-state index in [2.05, 4.69) is 0 Å². The lowest BCUT2D eigenvalue weighted by molar-refractivity contribution is 0.775. The zero-order chi connectivity index (χ0) is 8.32. The fourth-order valence-corrected chi connectivity index (χ4v) is 0.753. The highest BCUT2D eigenvalue weighted by molar-refractivity contribution is 5.18. The zero-order valence-electron chi connectivity index (χ0n) is 7.54. The molecule has 0 nitrogen and oxygen atoms in total. The van der Waals surface area contributed by atoms with Crippen LogP contribution in [0.3, 0.4) is 0 Å². The fraction of sp³-hybridized carbons (Fsp3) is 0.333. The van der Waals surface area contributed by atoms with Crippen molar-refractivity contribution in [1.82, 2.24) is 0 Å². The summed E-state index contributed by atoms with van der Waals surface area (Å²) in [4.78, 5) is 0. The minimum atomic E-state index is -1.15. The van der Waals surface area contributed by atoms with Gasteiger partial charge in [-0.25, -0.2) is 0 Å². The first-order chi connectivity index (χ1) is 5.11. The lowest BCUT2D eigenvalue weighted by atomic mass is 10.1. The first kappa shape index (κ1) is 4.10. The molecule has 0 aromatic rings. The van der Waals surface area contributed by atoms with E-state index >= 15 is 0 Å². The van der Waals surface area contributed by atoms with E-state index in [-0.39, 0.29) is 5.92 Å². The van der Waals surface area contributed by atoms with Crippen LogP contribution in [0, 0.1) is 5.92 Å². The standard InChI is InChI=1S/C9H12/c1-2-9-7-5-3-4-6-8-9/h3-9H,2H2,1H3/i2D2. The smallest absolute Gasteiger partial charge is 0.0273 e. The molecule has 0 heteroatoms. The largest absolute Gasteiger partial charge is 0.0776 e. The van der Waals surface area contributed by atoms with Crippen molar-refractivity contribution in [2.75, 3.05) is 0 Å². The molecule has 1 rings (SSSR count). The minimum absolute atomic E-state index is 0.0995. The molecular weight excluding hydrogens is 108 g/mol. The van der Waals surface area contributed by atoms with Crippen LogP contribution in [0.15, 0.2) is 36.5 Å². The van der Waals surface area contributed by atoms with E-state index in [0.29, 0.717) is 0 Å². The van der Waals surface area contributed by atoms with Gasteiger partial charge in [0.1, 0.15) is 0 Å². The van der Waals surface area contributed by atoms with Gasteiger partial charge in [0.15, 0.2) is 0 Å². The van der Waals surface area contributed by atoms with Crippen molar-refractivity contribution in [2.24, 2.45) is 5.92 Å².